The van der Waals surface area contributed by atoms with E-state index in [4.69, 9.17) is 13.9 Å². The maximum absolute atomic E-state index is 13.6. The van der Waals surface area contributed by atoms with E-state index in [1.54, 1.807) is 30.2 Å². The Morgan fingerprint density at radius 3 is 2.56 bits per heavy atom. The van der Waals surface area contributed by atoms with Crippen LogP contribution in [0.4, 0.5) is 0 Å². The number of hydrogen-bond donors (Lipinski definition) is 0. The second kappa shape index (κ2) is 8.67. The molecule has 1 aliphatic heterocycles. The fourth-order valence-corrected chi connectivity index (χ4v) is 4.04. The highest BCUT2D eigenvalue weighted by Crippen LogP contribution is 2.39. The van der Waals surface area contributed by atoms with Crippen molar-refractivity contribution < 1.29 is 18.7 Å². The van der Waals surface area contributed by atoms with Gasteiger partial charge < -0.3 is 23.7 Å². The average molecular weight is 437 g/mol. The lowest BCUT2D eigenvalue weighted by Crippen LogP contribution is -2.35. The van der Waals surface area contributed by atoms with Gasteiger partial charge in [-0.1, -0.05) is 12.1 Å². The molecule has 0 saturated carbocycles. The van der Waals surface area contributed by atoms with Crippen molar-refractivity contribution in [3.8, 4) is 11.5 Å². The molecular weight excluding hydrogens is 408 g/mol. The molecule has 0 fully saturated rings. The SMILES string of the molecule is COc1ccc2c(=O)c3c(oc2c1)C(=O)N(CCN(C)C)C3c1cccc(OC(C)C)c1. The van der Waals surface area contributed by atoms with Crippen LogP contribution in [0.1, 0.15) is 41.6 Å². The molecule has 0 N–H and O–H groups in total. The lowest BCUT2D eigenvalue weighted by molar-refractivity contribution is 0.0716. The molecule has 7 nitrogen and oxygen atoms in total. The Morgan fingerprint density at radius 1 is 1.09 bits per heavy atom. The second-order valence-corrected chi connectivity index (χ2v) is 8.48. The van der Waals surface area contributed by atoms with Gasteiger partial charge in [0, 0.05) is 19.2 Å². The van der Waals surface area contributed by atoms with E-state index < -0.39 is 6.04 Å². The van der Waals surface area contributed by atoms with Gasteiger partial charge in [-0.3, -0.25) is 9.59 Å². The summed E-state index contributed by atoms with van der Waals surface area (Å²) < 4.78 is 17.1. The number of nitrogens with zero attached hydrogens (tertiary/aromatic N) is 2. The third kappa shape index (κ3) is 3.96. The molecule has 0 bridgehead atoms. The number of hydrogen-bond acceptors (Lipinski definition) is 6. The fourth-order valence-electron chi connectivity index (χ4n) is 4.04. The van der Waals surface area contributed by atoms with Crippen LogP contribution in [0.2, 0.25) is 0 Å². The van der Waals surface area contributed by atoms with Crippen LogP contribution in [0, 0.1) is 0 Å². The number of benzene rings is 2. The summed E-state index contributed by atoms with van der Waals surface area (Å²) in [6, 6.07) is 12.1. The van der Waals surface area contributed by atoms with Crippen LogP contribution in [0.5, 0.6) is 11.5 Å². The first-order valence-electron chi connectivity index (χ1n) is 10.7. The van der Waals surface area contributed by atoms with Gasteiger partial charge in [0.15, 0.2) is 5.43 Å². The molecule has 4 rings (SSSR count). The van der Waals surface area contributed by atoms with Gasteiger partial charge in [0.05, 0.1) is 30.2 Å². The zero-order valence-corrected chi connectivity index (χ0v) is 19.0. The Hall–Kier alpha value is -3.32. The van der Waals surface area contributed by atoms with Crippen molar-refractivity contribution in [1.29, 1.82) is 0 Å². The summed E-state index contributed by atoms with van der Waals surface area (Å²) in [6.45, 7) is 5.02. The van der Waals surface area contributed by atoms with Gasteiger partial charge in [-0.2, -0.15) is 0 Å². The van der Waals surface area contributed by atoms with Crippen LogP contribution < -0.4 is 14.9 Å². The maximum Gasteiger partial charge on any atom is 0.290 e. The van der Waals surface area contributed by atoms with Crippen molar-refractivity contribution in [1.82, 2.24) is 9.80 Å². The number of amides is 1. The Balaban J connectivity index is 1.90. The molecule has 7 heteroatoms. The van der Waals surface area contributed by atoms with E-state index >= 15 is 0 Å². The number of fused-ring (bicyclic) bond motifs is 2. The number of methoxy groups -OCH3 is 1. The van der Waals surface area contributed by atoms with E-state index in [9.17, 15) is 9.59 Å². The molecule has 1 aliphatic rings. The quantitative estimate of drug-likeness (QED) is 0.563. The predicted molar refractivity (Wildman–Crippen MR) is 123 cm³/mol. The minimum absolute atomic E-state index is 0.0107. The smallest absolute Gasteiger partial charge is 0.290 e. The molecule has 0 radical (unpaired) electrons. The Morgan fingerprint density at radius 2 is 1.88 bits per heavy atom. The zero-order valence-electron chi connectivity index (χ0n) is 19.0. The molecule has 2 aromatic carbocycles. The van der Waals surface area contributed by atoms with Crippen molar-refractivity contribution >= 4 is 16.9 Å². The van der Waals surface area contributed by atoms with Crippen LogP contribution in [-0.4, -0.2) is 56.1 Å². The Bertz CT molecular complexity index is 1210. The summed E-state index contributed by atoms with van der Waals surface area (Å²) in [5, 5.41) is 0.423. The first kappa shape index (κ1) is 21.9. The monoisotopic (exact) mass is 436 g/mol. The zero-order chi connectivity index (χ0) is 23.0. The predicted octanol–water partition coefficient (Wildman–Crippen LogP) is 3.70. The van der Waals surface area contributed by atoms with Crippen LogP contribution in [0.15, 0.2) is 51.7 Å². The summed E-state index contributed by atoms with van der Waals surface area (Å²) in [4.78, 5) is 30.7. The fraction of sp³-hybridized carbons (Fsp3) is 0.360. The summed E-state index contributed by atoms with van der Waals surface area (Å²) in [7, 11) is 5.44. The van der Waals surface area contributed by atoms with Gasteiger partial charge in [-0.15, -0.1) is 0 Å². The second-order valence-electron chi connectivity index (χ2n) is 8.48. The van der Waals surface area contributed by atoms with E-state index in [1.165, 1.54) is 0 Å². The molecule has 0 saturated heterocycles. The molecule has 3 aromatic rings. The standard InChI is InChI=1S/C25H28N2O5/c1-15(2)31-18-8-6-7-16(13-18)22-21-23(28)19-10-9-17(30-5)14-20(19)32-24(21)25(29)27(22)12-11-26(3)4/h6-10,13-15,22H,11-12H2,1-5H3. The van der Waals surface area contributed by atoms with Crippen LogP contribution in [0.3, 0.4) is 0 Å². The molecular formula is C25H28N2O5. The highest BCUT2D eigenvalue weighted by Gasteiger charge is 2.42. The number of ether oxygens (including phenoxy) is 2. The minimum Gasteiger partial charge on any atom is -0.497 e. The topological polar surface area (TPSA) is 72.2 Å². The summed E-state index contributed by atoms with van der Waals surface area (Å²) >= 11 is 0. The van der Waals surface area contributed by atoms with Gasteiger partial charge >= 0.3 is 0 Å². The van der Waals surface area contributed by atoms with Crippen molar-refractivity contribution in [2.75, 3.05) is 34.3 Å². The minimum atomic E-state index is -0.545. The Labute approximate surface area is 187 Å². The van der Waals surface area contributed by atoms with Crippen molar-refractivity contribution in [2.24, 2.45) is 0 Å². The van der Waals surface area contributed by atoms with Gasteiger partial charge in [0.2, 0.25) is 5.76 Å². The van der Waals surface area contributed by atoms with Crippen LogP contribution >= 0.6 is 0 Å². The molecule has 1 unspecified atom stereocenters. The number of likely N-dealkylation sites (N-methyl/N-ethyl adjacent to an activating group) is 1. The number of carbonyl (C=O) groups excluding carboxylic acids is 1. The van der Waals surface area contributed by atoms with E-state index in [1.807, 2.05) is 57.1 Å². The highest BCUT2D eigenvalue weighted by molar-refractivity contribution is 5.99. The molecule has 1 atom stereocenters. The summed E-state index contributed by atoms with van der Waals surface area (Å²) in [5.74, 6) is 1.06. The highest BCUT2D eigenvalue weighted by atomic mass is 16.5. The van der Waals surface area contributed by atoms with Crippen molar-refractivity contribution in [3.05, 3.63) is 69.6 Å². The summed E-state index contributed by atoms with van der Waals surface area (Å²) in [5.41, 5.74) is 1.32. The normalized spacial score (nSPS) is 15.7. The molecule has 2 heterocycles. The van der Waals surface area contributed by atoms with Crippen LogP contribution in [-0.2, 0) is 0 Å². The first-order valence-corrected chi connectivity index (χ1v) is 10.7. The van der Waals surface area contributed by atoms with Crippen molar-refractivity contribution in [2.45, 2.75) is 26.0 Å². The molecule has 0 aliphatic carbocycles. The van der Waals surface area contributed by atoms with E-state index in [2.05, 4.69) is 0 Å². The lowest BCUT2D eigenvalue weighted by atomic mass is 9.98. The Kier molecular flexibility index (Phi) is 5.93. The molecule has 1 amide bonds. The van der Waals surface area contributed by atoms with E-state index in [0.717, 1.165) is 5.56 Å². The molecule has 0 spiro atoms. The largest absolute Gasteiger partial charge is 0.497 e. The van der Waals surface area contributed by atoms with Gasteiger partial charge in [0.25, 0.3) is 5.91 Å². The van der Waals surface area contributed by atoms with E-state index in [0.29, 0.717) is 41.1 Å². The summed E-state index contributed by atoms with van der Waals surface area (Å²) in [6.07, 6.45) is 0.0107. The third-order valence-corrected chi connectivity index (χ3v) is 5.51. The van der Waals surface area contributed by atoms with E-state index in [-0.39, 0.29) is 23.2 Å². The lowest BCUT2D eigenvalue weighted by Gasteiger charge is -2.26. The number of carbonyl (C=O) groups is 1. The molecule has 1 aromatic heterocycles. The van der Waals surface area contributed by atoms with Gasteiger partial charge in [0.1, 0.15) is 17.1 Å². The molecule has 32 heavy (non-hydrogen) atoms. The maximum atomic E-state index is 13.6. The van der Waals surface area contributed by atoms with Crippen LogP contribution in [0.25, 0.3) is 11.0 Å². The number of rotatable bonds is 7. The first-order chi connectivity index (χ1) is 15.3. The molecule has 168 valence electrons. The third-order valence-electron chi connectivity index (χ3n) is 5.51. The van der Waals surface area contributed by atoms with Crippen molar-refractivity contribution in [3.63, 3.8) is 0 Å². The van der Waals surface area contributed by atoms with Gasteiger partial charge in [-0.05, 0) is 57.8 Å². The van der Waals surface area contributed by atoms with Gasteiger partial charge in [-0.25, -0.2) is 0 Å². The average Bonchev–Trinajstić information content (AvgIpc) is 3.03.